The van der Waals surface area contributed by atoms with E-state index in [-0.39, 0.29) is 0 Å². The third kappa shape index (κ3) is 5.61. The Morgan fingerprint density at radius 2 is 1.82 bits per heavy atom. The average molecular weight is 488 g/mol. The van der Waals surface area contributed by atoms with Crippen molar-refractivity contribution in [3.8, 4) is 11.4 Å². The van der Waals surface area contributed by atoms with Crippen LogP contribution in [0.4, 0.5) is 11.4 Å². The molecule has 12 heteroatoms. The minimum Gasteiger partial charge on any atom is -0.479 e. The van der Waals surface area contributed by atoms with Crippen LogP contribution in [-0.2, 0) is 9.59 Å². The van der Waals surface area contributed by atoms with E-state index in [0.29, 0.717) is 26.7 Å². The number of benzene rings is 2. The van der Waals surface area contributed by atoms with Crippen LogP contribution >= 0.6 is 24.4 Å². The van der Waals surface area contributed by atoms with E-state index in [0.717, 1.165) is 5.69 Å². The number of carbonyl (C=O) groups is 2. The predicted octanol–water partition coefficient (Wildman–Crippen LogP) is 3.17. The largest absolute Gasteiger partial charge is 0.479 e. The van der Waals surface area contributed by atoms with Gasteiger partial charge in [0.1, 0.15) is 11.9 Å². The van der Waals surface area contributed by atoms with E-state index in [9.17, 15) is 19.8 Å². The molecule has 0 saturated heterocycles. The number of hydrogen-bond donors (Lipinski definition) is 4. The van der Waals surface area contributed by atoms with Crippen molar-refractivity contribution in [2.24, 2.45) is 4.99 Å². The van der Waals surface area contributed by atoms with Crippen molar-refractivity contribution < 1.29 is 24.5 Å². The molecule has 0 aliphatic heterocycles. The topological polar surface area (TPSA) is 136 Å². The molecule has 4 N–H and O–H groups in total. The second kappa shape index (κ2) is 10.3. The van der Waals surface area contributed by atoms with E-state index in [1.807, 2.05) is 6.07 Å². The van der Waals surface area contributed by atoms with Gasteiger partial charge in [-0.1, -0.05) is 12.1 Å². The second-order valence-electron chi connectivity index (χ2n) is 7.00. The average Bonchev–Trinajstić information content (AvgIpc) is 3.11. The van der Waals surface area contributed by atoms with E-state index in [4.69, 9.17) is 29.2 Å². The molecular weight excluding hydrogens is 466 g/mol. The molecule has 0 fully saturated rings. The van der Waals surface area contributed by atoms with Gasteiger partial charge >= 0.3 is 5.97 Å². The number of hydrogen-bond acceptors (Lipinski definition) is 8. The molecule has 172 valence electrons. The summed E-state index contributed by atoms with van der Waals surface area (Å²) in [5.41, 5.74) is 1.73. The molecule has 10 nitrogen and oxygen atoms in total. The number of anilines is 1. The van der Waals surface area contributed by atoms with Gasteiger partial charge in [-0.05, 0) is 61.7 Å². The summed E-state index contributed by atoms with van der Waals surface area (Å²) in [5, 5.41) is 24.5. The van der Waals surface area contributed by atoms with Crippen LogP contribution in [0.5, 0.6) is 5.75 Å². The van der Waals surface area contributed by atoms with Crippen LogP contribution in [0.1, 0.15) is 6.92 Å². The van der Waals surface area contributed by atoms with Crippen LogP contribution < -0.4 is 9.64 Å². The van der Waals surface area contributed by atoms with Crippen LogP contribution in [0.3, 0.4) is 0 Å². The Labute approximate surface area is 198 Å². The van der Waals surface area contributed by atoms with E-state index < -0.39 is 23.9 Å². The molecule has 0 aliphatic carbocycles. The number of ether oxygens (including phenoxy) is 1. The summed E-state index contributed by atoms with van der Waals surface area (Å²) in [6.45, 7) is 1.23. The Bertz CT molecular complexity index is 1280. The third-order valence-corrected chi connectivity index (χ3v) is 5.26. The Hall–Kier alpha value is -3.61. The molecule has 33 heavy (non-hydrogen) atoms. The number of Topliss-reactive ketones (excluding diaryl/α,β-unsaturated/α-hetero) is 1. The molecule has 0 saturated carbocycles. The monoisotopic (exact) mass is 487 g/mol. The van der Waals surface area contributed by atoms with Crippen LogP contribution in [0.25, 0.3) is 5.69 Å². The van der Waals surface area contributed by atoms with Gasteiger partial charge in [0.05, 0.1) is 11.4 Å². The first-order valence-electron chi connectivity index (χ1n) is 9.66. The molecule has 2 unspecified atom stereocenters. The fraction of sp³-hybridized carbons (Fsp3) is 0.190. The van der Waals surface area contributed by atoms with Crippen LogP contribution in [0.2, 0.25) is 0 Å². The van der Waals surface area contributed by atoms with Crippen LogP contribution in [-0.4, -0.2) is 62.3 Å². The van der Waals surface area contributed by atoms with Crippen LogP contribution in [0, 0.1) is 9.54 Å². The standard InChI is InChI=1S/C21H21N5O5S2/c1-12(27)18(28)17(19(29)30)25(2)14-6-4-8-16(10-14)31-11-22-13-5-3-7-15(9-13)26-20(32)23-24-21(26)33/h3-12,17,27H,1-2H3,(H,23,32)(H,24,33)(H,29,30). The van der Waals surface area contributed by atoms with Crippen molar-refractivity contribution >= 4 is 54.0 Å². The van der Waals surface area contributed by atoms with E-state index >= 15 is 0 Å². The van der Waals surface area contributed by atoms with Crippen molar-refractivity contribution in [1.29, 1.82) is 0 Å². The molecule has 0 bridgehead atoms. The number of aliphatic hydroxyl groups excluding tert-OH is 1. The first-order valence-corrected chi connectivity index (χ1v) is 10.5. The molecule has 0 amide bonds. The first-order chi connectivity index (χ1) is 15.7. The van der Waals surface area contributed by atoms with Crippen molar-refractivity contribution in [3.05, 3.63) is 58.1 Å². The maximum Gasteiger partial charge on any atom is 0.334 e. The highest BCUT2D eigenvalue weighted by Crippen LogP contribution is 2.23. The number of nitrogens with zero attached hydrogens (tertiary/aromatic N) is 3. The Morgan fingerprint density at radius 3 is 2.45 bits per heavy atom. The van der Waals surface area contributed by atoms with Crippen molar-refractivity contribution in [2.45, 2.75) is 19.1 Å². The molecule has 3 rings (SSSR count). The minimum absolute atomic E-state index is 0.378. The Balaban J connectivity index is 1.77. The van der Waals surface area contributed by atoms with Gasteiger partial charge < -0.3 is 19.8 Å². The summed E-state index contributed by atoms with van der Waals surface area (Å²) in [6, 6.07) is 12.1. The smallest absolute Gasteiger partial charge is 0.334 e. The summed E-state index contributed by atoms with van der Waals surface area (Å²) in [5.74, 6) is -1.80. The van der Waals surface area contributed by atoms with Gasteiger partial charge in [0.15, 0.2) is 27.8 Å². The predicted molar refractivity (Wildman–Crippen MR) is 128 cm³/mol. The zero-order valence-electron chi connectivity index (χ0n) is 17.6. The highest BCUT2D eigenvalue weighted by molar-refractivity contribution is 7.72. The van der Waals surface area contributed by atoms with Gasteiger partial charge in [-0.2, -0.15) is 0 Å². The number of ketones is 1. The summed E-state index contributed by atoms with van der Waals surface area (Å²) in [4.78, 5) is 29.2. The molecule has 0 aliphatic rings. The number of nitrogens with one attached hydrogen (secondary N) is 2. The highest BCUT2D eigenvalue weighted by atomic mass is 32.1. The summed E-state index contributed by atoms with van der Waals surface area (Å²) < 4.78 is 8.06. The summed E-state index contributed by atoms with van der Waals surface area (Å²) in [6.07, 6.45) is -0.169. The lowest BCUT2D eigenvalue weighted by molar-refractivity contribution is -0.144. The molecule has 0 radical (unpaired) electrons. The quantitative estimate of drug-likeness (QED) is 0.156. The van der Waals surface area contributed by atoms with Crippen molar-refractivity contribution in [2.75, 3.05) is 11.9 Å². The number of aliphatic carboxylic acids is 1. The fourth-order valence-electron chi connectivity index (χ4n) is 3.04. The molecular formula is C21H21N5O5S2. The molecule has 3 aromatic rings. The van der Waals surface area contributed by atoms with Gasteiger partial charge in [0.2, 0.25) is 0 Å². The Morgan fingerprint density at radius 1 is 1.15 bits per heavy atom. The zero-order valence-corrected chi connectivity index (χ0v) is 19.3. The number of H-pyrrole nitrogens is 2. The lowest BCUT2D eigenvalue weighted by atomic mass is 10.1. The molecule has 0 spiro atoms. The number of carboxylic acids is 1. The zero-order chi connectivity index (χ0) is 24.1. The number of likely N-dealkylation sites (N-methyl/N-ethyl adjacent to an activating group) is 1. The molecule has 2 aromatic carbocycles. The van der Waals surface area contributed by atoms with Gasteiger partial charge in [0, 0.05) is 18.8 Å². The lowest BCUT2D eigenvalue weighted by Crippen LogP contribution is -2.48. The highest BCUT2D eigenvalue weighted by Gasteiger charge is 2.33. The van der Waals surface area contributed by atoms with E-state index in [2.05, 4.69) is 15.2 Å². The van der Waals surface area contributed by atoms with Gasteiger partial charge in [-0.25, -0.2) is 9.79 Å². The normalized spacial score (nSPS) is 12.9. The second-order valence-corrected chi connectivity index (χ2v) is 7.77. The number of aliphatic hydroxyl groups is 1. The number of rotatable bonds is 9. The summed E-state index contributed by atoms with van der Waals surface area (Å²) >= 11 is 10.4. The number of aromatic nitrogens is 3. The number of aromatic amines is 2. The maximum atomic E-state index is 12.1. The third-order valence-electron chi connectivity index (χ3n) is 4.69. The SMILES string of the molecule is CC(O)C(=O)C(C(=O)O)N(C)c1cccc(OC=Nc2cccc(-n3c(=S)[nH][nH]c3=S)c2)c1. The van der Waals surface area contributed by atoms with Crippen LogP contribution in [0.15, 0.2) is 53.5 Å². The number of aliphatic imine (C=N–C) groups is 1. The minimum atomic E-state index is -1.54. The lowest BCUT2D eigenvalue weighted by Gasteiger charge is -2.26. The van der Waals surface area contributed by atoms with Gasteiger partial charge in [-0.15, -0.1) is 0 Å². The van der Waals surface area contributed by atoms with Gasteiger partial charge in [0.25, 0.3) is 0 Å². The maximum absolute atomic E-state index is 12.1. The van der Waals surface area contributed by atoms with Gasteiger partial charge in [-0.3, -0.25) is 19.6 Å². The van der Waals surface area contributed by atoms with E-state index in [1.54, 1.807) is 47.0 Å². The first kappa shape index (κ1) is 24.0. The Kier molecular flexibility index (Phi) is 7.53. The summed E-state index contributed by atoms with van der Waals surface area (Å²) in [7, 11) is 1.45. The molecule has 1 aromatic heterocycles. The van der Waals surface area contributed by atoms with Crippen molar-refractivity contribution in [1.82, 2.24) is 14.8 Å². The number of carbonyl (C=O) groups excluding carboxylic acids is 1. The molecule has 1 heterocycles. The van der Waals surface area contributed by atoms with Crippen molar-refractivity contribution in [3.63, 3.8) is 0 Å². The number of carboxylic acid groups (broad SMARTS) is 1. The fourth-order valence-corrected chi connectivity index (χ4v) is 3.59. The van der Waals surface area contributed by atoms with E-state index in [1.165, 1.54) is 25.3 Å². The molecule has 2 atom stereocenters.